The number of carbonyl (C=O) groups is 4. The Labute approximate surface area is 231 Å². The maximum absolute atomic E-state index is 12.6. The summed E-state index contributed by atoms with van der Waals surface area (Å²) in [5.41, 5.74) is 2.32. The van der Waals surface area contributed by atoms with Crippen molar-refractivity contribution in [2.75, 3.05) is 11.9 Å². The third-order valence-corrected chi connectivity index (χ3v) is 7.05. The van der Waals surface area contributed by atoms with E-state index in [1.165, 1.54) is 36.4 Å². The molecule has 5 N–H and O–H groups in total. The highest BCUT2D eigenvalue weighted by molar-refractivity contribution is 7.90. The molecule has 0 aliphatic carbocycles. The first-order chi connectivity index (χ1) is 19.0. The van der Waals surface area contributed by atoms with Gasteiger partial charge < -0.3 is 21.1 Å². The largest absolute Gasteiger partial charge is 0.481 e. The number of aliphatic carboxylic acids is 1. The van der Waals surface area contributed by atoms with Crippen molar-refractivity contribution in [3.63, 3.8) is 0 Å². The summed E-state index contributed by atoms with van der Waals surface area (Å²) in [6.45, 7) is 3.22. The van der Waals surface area contributed by atoms with Crippen LogP contribution < -0.4 is 20.7 Å². The number of carbonyl (C=O) groups excluding carboxylic acids is 3. The monoisotopic (exact) mass is 567 g/mol. The molecule has 1 aromatic heterocycles. The van der Waals surface area contributed by atoms with E-state index in [2.05, 4.69) is 20.9 Å². The topological polar surface area (TPSA) is 184 Å². The molecule has 0 spiro atoms. The summed E-state index contributed by atoms with van der Waals surface area (Å²) in [4.78, 5) is 53.0. The van der Waals surface area contributed by atoms with Gasteiger partial charge in [-0.15, -0.1) is 0 Å². The van der Waals surface area contributed by atoms with Crippen molar-refractivity contribution >= 4 is 39.5 Å². The third-order valence-electron chi connectivity index (χ3n) is 5.70. The zero-order valence-electron chi connectivity index (χ0n) is 21.8. The van der Waals surface area contributed by atoms with E-state index in [1.54, 1.807) is 37.4 Å². The number of anilines is 1. The van der Waals surface area contributed by atoms with Crippen molar-refractivity contribution in [3.8, 4) is 0 Å². The lowest BCUT2D eigenvalue weighted by Crippen LogP contribution is -2.39. The fourth-order valence-corrected chi connectivity index (χ4v) is 4.68. The molecule has 0 fully saturated rings. The van der Waals surface area contributed by atoms with E-state index < -0.39 is 46.4 Å². The number of sulfonamides is 1. The van der Waals surface area contributed by atoms with E-state index in [0.717, 1.165) is 5.56 Å². The number of nitrogens with one attached hydrogen (secondary N) is 4. The van der Waals surface area contributed by atoms with Crippen molar-refractivity contribution in [1.29, 1.82) is 0 Å². The maximum atomic E-state index is 12.6. The number of aryl methyl sites for hydroxylation is 2. The molecule has 0 radical (unpaired) electrons. The van der Waals surface area contributed by atoms with Gasteiger partial charge >= 0.3 is 12.0 Å². The number of rotatable bonds is 11. The molecule has 12 nitrogen and oxygen atoms in total. The second kappa shape index (κ2) is 13.3. The van der Waals surface area contributed by atoms with Crippen LogP contribution in [0.4, 0.5) is 10.5 Å². The fraction of sp³-hybridized carbons (Fsp3) is 0.222. The van der Waals surface area contributed by atoms with Gasteiger partial charge in [-0.2, -0.15) is 0 Å². The van der Waals surface area contributed by atoms with Crippen LogP contribution in [0.3, 0.4) is 0 Å². The van der Waals surface area contributed by atoms with Crippen LogP contribution in [0, 0.1) is 6.92 Å². The molecular formula is C27H29N5O7S. The summed E-state index contributed by atoms with van der Waals surface area (Å²) in [6, 6.07) is 13.1. The molecule has 1 heterocycles. The van der Waals surface area contributed by atoms with Gasteiger partial charge in [-0.25, -0.2) is 17.9 Å². The number of carboxylic acid groups (broad SMARTS) is 1. The number of carboxylic acids is 1. The predicted molar refractivity (Wildman–Crippen MR) is 146 cm³/mol. The van der Waals surface area contributed by atoms with Crippen molar-refractivity contribution in [2.24, 2.45) is 0 Å². The molecule has 0 saturated heterocycles. The van der Waals surface area contributed by atoms with Gasteiger partial charge in [-0.05, 0) is 55.3 Å². The van der Waals surface area contributed by atoms with Gasteiger partial charge in [0.05, 0.1) is 23.9 Å². The summed E-state index contributed by atoms with van der Waals surface area (Å²) in [5.74, 6) is -2.36. The number of hydrogen-bond acceptors (Lipinski definition) is 7. The molecule has 210 valence electrons. The number of urea groups is 1. The van der Waals surface area contributed by atoms with Crippen LogP contribution in [-0.2, 0) is 26.0 Å². The van der Waals surface area contributed by atoms with Gasteiger partial charge in [0.2, 0.25) is 5.91 Å². The highest BCUT2D eigenvalue weighted by Crippen LogP contribution is 2.20. The van der Waals surface area contributed by atoms with Crippen molar-refractivity contribution in [1.82, 2.24) is 20.3 Å². The summed E-state index contributed by atoms with van der Waals surface area (Å²) in [7, 11) is -4.11. The van der Waals surface area contributed by atoms with E-state index in [9.17, 15) is 32.7 Å². The summed E-state index contributed by atoms with van der Waals surface area (Å²) >= 11 is 0. The third kappa shape index (κ3) is 8.36. The van der Waals surface area contributed by atoms with E-state index >= 15 is 0 Å². The zero-order chi connectivity index (χ0) is 29.3. The number of aromatic nitrogens is 1. The van der Waals surface area contributed by atoms with Gasteiger partial charge in [-0.3, -0.25) is 19.4 Å². The van der Waals surface area contributed by atoms with Crippen molar-refractivity contribution in [2.45, 2.75) is 37.6 Å². The van der Waals surface area contributed by atoms with Crippen LogP contribution in [0.1, 0.15) is 46.6 Å². The second-order valence-electron chi connectivity index (χ2n) is 8.75. The minimum atomic E-state index is -4.11. The number of benzene rings is 2. The Morgan fingerprint density at radius 2 is 1.73 bits per heavy atom. The first kappa shape index (κ1) is 29.8. The highest BCUT2D eigenvalue weighted by Gasteiger charge is 2.22. The first-order valence-corrected chi connectivity index (χ1v) is 13.7. The van der Waals surface area contributed by atoms with E-state index in [0.29, 0.717) is 17.7 Å². The molecule has 2 aromatic carbocycles. The van der Waals surface area contributed by atoms with E-state index in [4.69, 9.17) is 0 Å². The number of hydrogen-bond donors (Lipinski definition) is 5. The van der Waals surface area contributed by atoms with Gasteiger partial charge in [-0.1, -0.05) is 36.8 Å². The quantitative estimate of drug-likeness (QED) is 0.234. The molecule has 1 unspecified atom stereocenters. The van der Waals surface area contributed by atoms with Crippen molar-refractivity contribution in [3.05, 3.63) is 89.2 Å². The Kier molecular flexibility index (Phi) is 9.92. The Balaban J connectivity index is 1.59. The Morgan fingerprint density at radius 1 is 1.00 bits per heavy atom. The zero-order valence-corrected chi connectivity index (χ0v) is 22.6. The Hall–Kier alpha value is -4.78. The van der Waals surface area contributed by atoms with Crippen LogP contribution in [-0.4, -0.2) is 48.9 Å². The van der Waals surface area contributed by atoms with Gasteiger partial charge in [0.25, 0.3) is 15.9 Å². The molecule has 0 aliphatic rings. The summed E-state index contributed by atoms with van der Waals surface area (Å²) in [6.07, 6.45) is 1.75. The average Bonchev–Trinajstić information content (AvgIpc) is 2.91. The second-order valence-corrected chi connectivity index (χ2v) is 10.4. The van der Waals surface area contributed by atoms with Crippen molar-refractivity contribution < 1.29 is 32.7 Å². The maximum Gasteiger partial charge on any atom is 0.333 e. The van der Waals surface area contributed by atoms with Gasteiger partial charge in [0.15, 0.2) is 0 Å². The molecule has 0 aliphatic heterocycles. The van der Waals surface area contributed by atoms with Crippen LogP contribution in [0.25, 0.3) is 0 Å². The van der Waals surface area contributed by atoms with E-state index in [1.807, 2.05) is 11.6 Å². The van der Waals surface area contributed by atoms with Crippen LogP contribution >= 0.6 is 0 Å². The minimum absolute atomic E-state index is 0.0836. The lowest BCUT2D eigenvalue weighted by molar-refractivity contribution is -0.137. The number of amides is 4. The lowest BCUT2D eigenvalue weighted by atomic mass is 10.0. The normalized spacial score (nSPS) is 11.7. The van der Waals surface area contributed by atoms with Crippen LogP contribution in [0.5, 0.6) is 0 Å². The molecule has 0 saturated carbocycles. The molecule has 3 rings (SSSR count). The first-order valence-electron chi connectivity index (χ1n) is 12.2. The fourth-order valence-electron chi connectivity index (χ4n) is 3.78. The minimum Gasteiger partial charge on any atom is -0.481 e. The molecule has 40 heavy (non-hydrogen) atoms. The van der Waals surface area contributed by atoms with Gasteiger partial charge in [0, 0.05) is 23.1 Å². The SMILES string of the molecule is CCc1ncccc1C(CC(=O)O)NC(=O)CNC(=O)c1cccc(NC(=O)NS(=O)(=O)c2ccc(C)cc2)c1. The number of pyridine rings is 1. The molecule has 0 bridgehead atoms. The molecule has 13 heteroatoms. The Bertz CT molecular complexity index is 1510. The standard InChI is InChI=1S/C27H29N5O7S/c1-3-22-21(8-5-13-28-22)23(15-25(34)35)31-24(33)16-29-26(36)18-6-4-7-19(14-18)30-27(37)32-40(38,39)20-11-9-17(2)10-12-20/h4-14,23H,3,15-16H2,1-2H3,(H,29,36)(H,31,33)(H,34,35)(H2,30,32,37). The summed E-state index contributed by atoms with van der Waals surface area (Å²) in [5, 5.41) is 16.7. The highest BCUT2D eigenvalue weighted by atomic mass is 32.2. The number of nitrogens with zero attached hydrogens (tertiary/aromatic N) is 1. The molecule has 3 aromatic rings. The summed E-state index contributed by atoms with van der Waals surface area (Å²) < 4.78 is 26.7. The average molecular weight is 568 g/mol. The molecule has 4 amide bonds. The van der Waals surface area contributed by atoms with E-state index in [-0.39, 0.29) is 22.6 Å². The Morgan fingerprint density at radius 3 is 2.40 bits per heavy atom. The van der Waals surface area contributed by atoms with Gasteiger partial charge in [0.1, 0.15) is 0 Å². The smallest absolute Gasteiger partial charge is 0.333 e. The van der Waals surface area contributed by atoms with Crippen LogP contribution in [0.2, 0.25) is 0 Å². The lowest BCUT2D eigenvalue weighted by Gasteiger charge is -2.19. The van der Waals surface area contributed by atoms with Crippen LogP contribution in [0.15, 0.2) is 71.8 Å². The predicted octanol–water partition coefficient (Wildman–Crippen LogP) is 2.52. The molecule has 1 atom stereocenters. The molecular weight excluding hydrogens is 538 g/mol.